The molecule has 0 aliphatic carbocycles. The van der Waals surface area contributed by atoms with Gasteiger partial charge in [-0.05, 0) is 12.8 Å². The quantitative estimate of drug-likeness (QED) is 0.669. The fraction of sp³-hybridized carbons (Fsp3) is 0.727. The van der Waals surface area contributed by atoms with E-state index in [1.165, 1.54) is 0 Å². The summed E-state index contributed by atoms with van der Waals surface area (Å²) in [4.78, 5) is 14.1. The highest BCUT2D eigenvalue weighted by Gasteiger charge is 2.32. The second kappa shape index (κ2) is 5.54. The number of nitrogens with zero attached hydrogens (tertiary/aromatic N) is 4. The molecule has 1 aliphatic heterocycles. The van der Waals surface area contributed by atoms with Crippen molar-refractivity contribution in [2.24, 2.45) is 0 Å². The Hall–Kier alpha value is -1.67. The fourth-order valence-electron chi connectivity index (χ4n) is 1.96. The van der Waals surface area contributed by atoms with Crippen molar-refractivity contribution < 1.29 is 9.84 Å². The molecule has 0 aromatic carbocycles. The highest BCUT2D eigenvalue weighted by molar-refractivity contribution is 5.42. The summed E-state index contributed by atoms with van der Waals surface area (Å²) in [5.74, 6) is 1.02. The lowest BCUT2D eigenvalue weighted by Crippen LogP contribution is -2.47. The number of ether oxygens (including phenoxy) is 1. The van der Waals surface area contributed by atoms with Gasteiger partial charge in [0, 0.05) is 27.3 Å². The van der Waals surface area contributed by atoms with Gasteiger partial charge in [-0.3, -0.25) is 0 Å². The molecule has 1 fully saturated rings. The number of hydrogen-bond acceptors (Lipinski definition) is 8. The van der Waals surface area contributed by atoms with Gasteiger partial charge in [0.05, 0.1) is 12.1 Å². The fourth-order valence-corrected chi connectivity index (χ4v) is 1.96. The first kappa shape index (κ1) is 13.8. The van der Waals surface area contributed by atoms with Crippen molar-refractivity contribution in [2.75, 3.05) is 49.9 Å². The van der Waals surface area contributed by atoms with Gasteiger partial charge in [0.15, 0.2) is 0 Å². The van der Waals surface area contributed by atoms with Crippen LogP contribution in [0.15, 0.2) is 0 Å². The maximum absolute atomic E-state index is 9.62. The molecule has 1 aliphatic rings. The van der Waals surface area contributed by atoms with Crippen LogP contribution in [0.1, 0.15) is 12.8 Å². The van der Waals surface area contributed by atoms with Gasteiger partial charge in [0.2, 0.25) is 17.8 Å². The number of rotatable bonds is 4. The Balaban J connectivity index is 2.21. The van der Waals surface area contributed by atoms with Crippen LogP contribution in [0.2, 0.25) is 0 Å². The number of anilines is 3. The molecule has 4 N–H and O–H groups in total. The topological polar surface area (TPSA) is 109 Å². The Bertz CT molecular complexity index is 433. The Morgan fingerprint density at radius 3 is 2.58 bits per heavy atom. The molecule has 2 rings (SSSR count). The first-order chi connectivity index (χ1) is 9.04. The number of nitrogens with one attached hydrogen (secondary N) is 1. The largest absolute Gasteiger partial charge is 0.394 e. The van der Waals surface area contributed by atoms with Gasteiger partial charge in [0.25, 0.3) is 0 Å². The SMILES string of the molecule is CN(C)c1nc(N)nc(NC2(CO)CCOCC2)n1. The zero-order valence-electron chi connectivity index (χ0n) is 11.3. The van der Waals surface area contributed by atoms with E-state index in [-0.39, 0.29) is 12.6 Å². The van der Waals surface area contributed by atoms with Crippen LogP contribution in [0.25, 0.3) is 0 Å². The van der Waals surface area contributed by atoms with Gasteiger partial charge < -0.3 is 25.8 Å². The molecular weight excluding hydrogens is 248 g/mol. The van der Waals surface area contributed by atoms with Gasteiger partial charge in [-0.25, -0.2) is 0 Å². The smallest absolute Gasteiger partial charge is 0.231 e. The molecule has 0 amide bonds. The van der Waals surface area contributed by atoms with Crippen LogP contribution in [0, 0.1) is 0 Å². The minimum atomic E-state index is -0.449. The minimum Gasteiger partial charge on any atom is -0.394 e. The number of aliphatic hydroxyl groups is 1. The van der Waals surface area contributed by atoms with Gasteiger partial charge >= 0.3 is 0 Å². The molecular formula is C11H20N6O2. The lowest BCUT2D eigenvalue weighted by molar-refractivity contribution is 0.0377. The summed E-state index contributed by atoms with van der Waals surface area (Å²) in [6, 6.07) is 0. The molecule has 19 heavy (non-hydrogen) atoms. The highest BCUT2D eigenvalue weighted by atomic mass is 16.5. The summed E-state index contributed by atoms with van der Waals surface area (Å²) < 4.78 is 5.31. The van der Waals surface area contributed by atoms with E-state index in [4.69, 9.17) is 10.5 Å². The van der Waals surface area contributed by atoms with Gasteiger partial charge in [-0.15, -0.1) is 0 Å². The van der Waals surface area contributed by atoms with Crippen molar-refractivity contribution in [3.8, 4) is 0 Å². The van der Waals surface area contributed by atoms with Crippen LogP contribution in [-0.4, -0.2) is 59.5 Å². The Morgan fingerprint density at radius 1 is 1.32 bits per heavy atom. The first-order valence-corrected chi connectivity index (χ1v) is 6.20. The lowest BCUT2D eigenvalue weighted by atomic mass is 9.91. The monoisotopic (exact) mass is 268 g/mol. The summed E-state index contributed by atoms with van der Waals surface area (Å²) in [6.07, 6.45) is 1.40. The van der Waals surface area contributed by atoms with E-state index in [1.54, 1.807) is 4.90 Å². The molecule has 0 radical (unpaired) electrons. The average molecular weight is 268 g/mol. The zero-order valence-corrected chi connectivity index (χ0v) is 11.3. The van der Waals surface area contributed by atoms with Crippen LogP contribution < -0.4 is 16.0 Å². The molecule has 0 bridgehead atoms. The molecule has 8 heteroatoms. The van der Waals surface area contributed by atoms with E-state index in [9.17, 15) is 5.11 Å². The van der Waals surface area contributed by atoms with Crippen molar-refractivity contribution in [2.45, 2.75) is 18.4 Å². The standard InChI is InChI=1S/C11H20N6O2/c1-17(2)10-14-8(12)13-9(15-10)16-11(7-18)3-5-19-6-4-11/h18H,3-7H2,1-2H3,(H3,12,13,14,15,16). The lowest BCUT2D eigenvalue weighted by Gasteiger charge is -2.36. The predicted molar refractivity (Wildman–Crippen MR) is 72.1 cm³/mol. The van der Waals surface area contributed by atoms with E-state index >= 15 is 0 Å². The number of nitrogens with two attached hydrogens (primary N) is 1. The molecule has 1 saturated heterocycles. The highest BCUT2D eigenvalue weighted by Crippen LogP contribution is 2.24. The van der Waals surface area contributed by atoms with Crippen LogP contribution in [0.3, 0.4) is 0 Å². The third-order valence-corrected chi connectivity index (χ3v) is 3.17. The molecule has 0 saturated carbocycles. The molecule has 0 spiro atoms. The van der Waals surface area contributed by atoms with Crippen LogP contribution in [-0.2, 0) is 4.74 Å². The summed E-state index contributed by atoms with van der Waals surface area (Å²) in [7, 11) is 3.66. The van der Waals surface area contributed by atoms with E-state index in [0.29, 0.717) is 38.0 Å². The Kier molecular flexibility index (Phi) is 4.01. The van der Waals surface area contributed by atoms with Crippen LogP contribution in [0.5, 0.6) is 0 Å². The first-order valence-electron chi connectivity index (χ1n) is 6.20. The number of aromatic nitrogens is 3. The summed E-state index contributed by atoms with van der Waals surface area (Å²) in [6.45, 7) is 1.21. The van der Waals surface area contributed by atoms with Crippen molar-refractivity contribution in [3.05, 3.63) is 0 Å². The third kappa shape index (κ3) is 3.21. The number of aliphatic hydroxyl groups excluding tert-OH is 1. The zero-order chi connectivity index (χ0) is 13.9. The van der Waals surface area contributed by atoms with Crippen molar-refractivity contribution in [3.63, 3.8) is 0 Å². The molecule has 0 atom stereocenters. The molecule has 1 aromatic rings. The van der Waals surface area contributed by atoms with Crippen molar-refractivity contribution in [1.29, 1.82) is 0 Å². The number of nitrogen functional groups attached to an aromatic ring is 1. The minimum absolute atomic E-state index is 0.000749. The summed E-state index contributed by atoms with van der Waals surface area (Å²) in [5, 5.41) is 12.8. The van der Waals surface area contributed by atoms with Gasteiger partial charge in [-0.2, -0.15) is 15.0 Å². The van der Waals surface area contributed by atoms with E-state index in [0.717, 1.165) is 0 Å². The molecule has 2 heterocycles. The Labute approximate surface area is 112 Å². The van der Waals surface area contributed by atoms with E-state index < -0.39 is 5.54 Å². The molecule has 1 aromatic heterocycles. The van der Waals surface area contributed by atoms with E-state index in [2.05, 4.69) is 20.3 Å². The number of hydrogen-bond donors (Lipinski definition) is 3. The predicted octanol–water partition coefficient (Wildman–Crippen LogP) is -0.527. The van der Waals surface area contributed by atoms with Crippen LogP contribution >= 0.6 is 0 Å². The Morgan fingerprint density at radius 2 is 2.00 bits per heavy atom. The average Bonchev–Trinajstić information content (AvgIpc) is 2.39. The second-order valence-electron chi connectivity index (χ2n) is 4.89. The van der Waals surface area contributed by atoms with Crippen molar-refractivity contribution in [1.82, 2.24) is 15.0 Å². The molecule has 8 nitrogen and oxygen atoms in total. The van der Waals surface area contributed by atoms with Crippen molar-refractivity contribution >= 4 is 17.8 Å². The maximum atomic E-state index is 9.62. The molecule has 106 valence electrons. The third-order valence-electron chi connectivity index (χ3n) is 3.17. The normalized spacial score (nSPS) is 18.1. The second-order valence-corrected chi connectivity index (χ2v) is 4.89. The van der Waals surface area contributed by atoms with Gasteiger partial charge in [0.1, 0.15) is 0 Å². The maximum Gasteiger partial charge on any atom is 0.231 e. The van der Waals surface area contributed by atoms with E-state index in [1.807, 2.05) is 14.1 Å². The van der Waals surface area contributed by atoms with Gasteiger partial charge in [-0.1, -0.05) is 0 Å². The molecule has 0 unspecified atom stereocenters. The summed E-state index contributed by atoms with van der Waals surface area (Å²) in [5.41, 5.74) is 5.22. The van der Waals surface area contributed by atoms with Crippen LogP contribution in [0.4, 0.5) is 17.8 Å². The summed E-state index contributed by atoms with van der Waals surface area (Å²) >= 11 is 0.